The Hall–Kier alpha value is 0.270. The SMILES string of the molecule is CSCCCCN1CC(C)(C)NCC1C. The van der Waals surface area contributed by atoms with Crippen LogP contribution in [0, 0.1) is 0 Å². The first-order valence-corrected chi connectivity index (χ1v) is 7.42. The summed E-state index contributed by atoms with van der Waals surface area (Å²) in [6.45, 7) is 10.5. The molecule has 15 heavy (non-hydrogen) atoms. The topological polar surface area (TPSA) is 15.3 Å². The van der Waals surface area contributed by atoms with Gasteiger partial charge < -0.3 is 5.32 Å². The van der Waals surface area contributed by atoms with Crippen molar-refractivity contribution in [3.8, 4) is 0 Å². The van der Waals surface area contributed by atoms with Crippen LogP contribution in [0.25, 0.3) is 0 Å². The lowest BCUT2D eigenvalue weighted by Crippen LogP contribution is -2.60. The van der Waals surface area contributed by atoms with Crippen molar-refractivity contribution in [2.24, 2.45) is 0 Å². The molecule has 0 aromatic rings. The van der Waals surface area contributed by atoms with Crippen molar-refractivity contribution >= 4 is 11.8 Å². The molecule has 1 rings (SSSR count). The van der Waals surface area contributed by atoms with Crippen LogP contribution in [0.4, 0.5) is 0 Å². The fraction of sp³-hybridized carbons (Fsp3) is 1.00. The molecule has 1 fully saturated rings. The molecule has 0 spiro atoms. The lowest BCUT2D eigenvalue weighted by Gasteiger charge is -2.43. The minimum absolute atomic E-state index is 0.298. The predicted octanol–water partition coefficient (Wildman–Crippen LogP) is 2.20. The van der Waals surface area contributed by atoms with Crippen LogP contribution in [0.15, 0.2) is 0 Å². The fourth-order valence-electron chi connectivity index (χ4n) is 2.13. The minimum Gasteiger partial charge on any atom is -0.309 e. The Labute approximate surface area is 99.2 Å². The van der Waals surface area contributed by atoms with Crippen LogP contribution in [0.2, 0.25) is 0 Å². The number of hydrogen-bond donors (Lipinski definition) is 1. The molecule has 0 amide bonds. The van der Waals surface area contributed by atoms with Gasteiger partial charge in [0.25, 0.3) is 0 Å². The van der Waals surface area contributed by atoms with E-state index in [4.69, 9.17) is 0 Å². The monoisotopic (exact) mass is 230 g/mol. The molecule has 1 unspecified atom stereocenters. The van der Waals surface area contributed by atoms with Crippen molar-refractivity contribution in [1.82, 2.24) is 10.2 Å². The van der Waals surface area contributed by atoms with E-state index in [-0.39, 0.29) is 0 Å². The van der Waals surface area contributed by atoms with Crippen LogP contribution in [0.3, 0.4) is 0 Å². The zero-order chi connectivity index (χ0) is 11.3. The zero-order valence-electron chi connectivity index (χ0n) is 10.7. The summed E-state index contributed by atoms with van der Waals surface area (Å²) in [5.74, 6) is 1.31. The highest BCUT2D eigenvalue weighted by molar-refractivity contribution is 7.98. The molecule has 0 radical (unpaired) electrons. The van der Waals surface area contributed by atoms with E-state index < -0.39 is 0 Å². The molecule has 1 aliphatic rings. The second-order valence-electron chi connectivity index (χ2n) is 5.28. The van der Waals surface area contributed by atoms with Gasteiger partial charge in [-0.1, -0.05) is 0 Å². The normalized spacial score (nSPS) is 26.8. The number of nitrogens with one attached hydrogen (secondary N) is 1. The van der Waals surface area contributed by atoms with Crippen LogP contribution in [-0.2, 0) is 0 Å². The Bertz CT molecular complexity index is 182. The van der Waals surface area contributed by atoms with Gasteiger partial charge in [-0.25, -0.2) is 0 Å². The molecule has 0 saturated carbocycles. The van der Waals surface area contributed by atoms with Crippen molar-refractivity contribution in [2.45, 2.75) is 45.2 Å². The maximum Gasteiger partial charge on any atom is 0.0252 e. The first kappa shape index (κ1) is 13.3. The molecular weight excluding hydrogens is 204 g/mol. The Morgan fingerprint density at radius 2 is 2.13 bits per heavy atom. The second-order valence-corrected chi connectivity index (χ2v) is 6.27. The largest absolute Gasteiger partial charge is 0.309 e. The summed E-state index contributed by atoms with van der Waals surface area (Å²) < 4.78 is 0. The molecule has 1 N–H and O–H groups in total. The molecule has 1 atom stereocenters. The summed E-state index contributed by atoms with van der Waals surface area (Å²) in [6.07, 6.45) is 4.90. The van der Waals surface area contributed by atoms with Gasteiger partial charge in [-0.2, -0.15) is 11.8 Å². The van der Waals surface area contributed by atoms with E-state index in [0.717, 1.165) is 6.54 Å². The molecule has 0 aromatic carbocycles. The van der Waals surface area contributed by atoms with Crippen LogP contribution in [0.1, 0.15) is 33.6 Å². The summed E-state index contributed by atoms with van der Waals surface area (Å²) in [6, 6.07) is 0.701. The quantitative estimate of drug-likeness (QED) is 0.729. The first-order chi connectivity index (χ1) is 7.05. The summed E-state index contributed by atoms with van der Waals surface area (Å²) in [4.78, 5) is 2.64. The molecule has 0 aromatic heterocycles. The van der Waals surface area contributed by atoms with Gasteiger partial charge in [0.05, 0.1) is 0 Å². The lowest BCUT2D eigenvalue weighted by atomic mass is 9.99. The van der Waals surface area contributed by atoms with Crippen molar-refractivity contribution in [3.63, 3.8) is 0 Å². The second kappa shape index (κ2) is 6.12. The number of piperazine rings is 1. The van der Waals surface area contributed by atoms with E-state index in [9.17, 15) is 0 Å². The Kier molecular flexibility index (Phi) is 5.44. The predicted molar refractivity (Wildman–Crippen MR) is 70.7 cm³/mol. The van der Waals surface area contributed by atoms with Gasteiger partial charge in [0, 0.05) is 24.7 Å². The van der Waals surface area contributed by atoms with Gasteiger partial charge in [-0.05, 0) is 52.2 Å². The Morgan fingerprint density at radius 3 is 2.80 bits per heavy atom. The van der Waals surface area contributed by atoms with Gasteiger partial charge in [0.1, 0.15) is 0 Å². The number of rotatable bonds is 5. The first-order valence-electron chi connectivity index (χ1n) is 6.03. The van der Waals surface area contributed by atoms with Crippen molar-refractivity contribution in [2.75, 3.05) is 31.6 Å². The number of nitrogens with zero attached hydrogens (tertiary/aromatic N) is 1. The minimum atomic E-state index is 0.298. The number of thioether (sulfide) groups is 1. The smallest absolute Gasteiger partial charge is 0.0252 e. The fourth-order valence-corrected chi connectivity index (χ4v) is 2.63. The van der Waals surface area contributed by atoms with Gasteiger partial charge in [-0.15, -0.1) is 0 Å². The highest BCUT2D eigenvalue weighted by atomic mass is 32.2. The summed E-state index contributed by atoms with van der Waals surface area (Å²) in [5, 5.41) is 3.59. The molecule has 90 valence electrons. The van der Waals surface area contributed by atoms with Gasteiger partial charge in [-0.3, -0.25) is 4.90 Å². The lowest BCUT2D eigenvalue weighted by molar-refractivity contribution is 0.103. The third-order valence-electron chi connectivity index (χ3n) is 3.14. The van der Waals surface area contributed by atoms with Crippen LogP contribution in [0.5, 0.6) is 0 Å². The summed E-state index contributed by atoms with van der Waals surface area (Å²) in [5.41, 5.74) is 0.298. The average molecular weight is 230 g/mol. The van der Waals surface area contributed by atoms with E-state index in [1.54, 1.807) is 0 Å². The van der Waals surface area contributed by atoms with Gasteiger partial charge in [0.15, 0.2) is 0 Å². The van der Waals surface area contributed by atoms with E-state index in [1.807, 2.05) is 11.8 Å². The Balaban J connectivity index is 2.25. The van der Waals surface area contributed by atoms with Crippen LogP contribution >= 0.6 is 11.8 Å². The van der Waals surface area contributed by atoms with Gasteiger partial charge in [0.2, 0.25) is 0 Å². The molecule has 0 bridgehead atoms. The van der Waals surface area contributed by atoms with E-state index in [2.05, 4.69) is 37.2 Å². The molecule has 1 heterocycles. The highest BCUT2D eigenvalue weighted by Gasteiger charge is 2.29. The molecule has 3 heteroatoms. The van der Waals surface area contributed by atoms with Crippen molar-refractivity contribution in [1.29, 1.82) is 0 Å². The van der Waals surface area contributed by atoms with Gasteiger partial charge >= 0.3 is 0 Å². The van der Waals surface area contributed by atoms with E-state index >= 15 is 0 Å². The highest BCUT2D eigenvalue weighted by Crippen LogP contribution is 2.15. The zero-order valence-corrected chi connectivity index (χ0v) is 11.5. The van der Waals surface area contributed by atoms with E-state index in [1.165, 1.54) is 31.7 Å². The third-order valence-corrected chi connectivity index (χ3v) is 3.84. The van der Waals surface area contributed by atoms with Crippen molar-refractivity contribution < 1.29 is 0 Å². The summed E-state index contributed by atoms with van der Waals surface area (Å²) in [7, 11) is 0. The third kappa shape index (κ3) is 4.75. The maximum absolute atomic E-state index is 3.59. The van der Waals surface area contributed by atoms with Crippen LogP contribution < -0.4 is 5.32 Å². The molecule has 1 saturated heterocycles. The molecule has 1 aliphatic heterocycles. The summed E-state index contributed by atoms with van der Waals surface area (Å²) >= 11 is 1.96. The maximum atomic E-state index is 3.59. The molecule has 2 nitrogen and oxygen atoms in total. The van der Waals surface area contributed by atoms with Crippen molar-refractivity contribution in [3.05, 3.63) is 0 Å². The van der Waals surface area contributed by atoms with E-state index in [0.29, 0.717) is 11.6 Å². The standard InChI is InChI=1S/C12H26N2S/c1-11-9-13-12(2,3)10-14(11)7-5-6-8-15-4/h11,13H,5-10H2,1-4H3. The average Bonchev–Trinajstić information content (AvgIpc) is 2.18. The number of unbranched alkanes of at least 4 members (excludes halogenated alkanes) is 1. The number of hydrogen-bond acceptors (Lipinski definition) is 3. The molecular formula is C12H26N2S. The Morgan fingerprint density at radius 1 is 1.40 bits per heavy atom. The molecule has 0 aliphatic carbocycles. The van der Waals surface area contributed by atoms with Crippen LogP contribution in [-0.4, -0.2) is 48.1 Å².